The molecule has 8 nitrogen and oxygen atoms in total. The molecule has 2 rings (SSSR count). The first-order chi connectivity index (χ1) is 11.5. The molecule has 138 valence electrons. The lowest BCUT2D eigenvalue weighted by molar-refractivity contribution is 1.21. The van der Waals surface area contributed by atoms with Gasteiger partial charge in [-0.2, -0.15) is 10.2 Å². The van der Waals surface area contributed by atoms with Gasteiger partial charge in [0, 0.05) is 0 Å². The van der Waals surface area contributed by atoms with Gasteiger partial charge >= 0.3 is 0 Å². The van der Waals surface area contributed by atoms with Crippen LogP contribution in [0.15, 0.2) is 68.9 Å². The van der Waals surface area contributed by atoms with Crippen molar-refractivity contribution >= 4 is 49.2 Å². The Morgan fingerprint density at radius 1 is 0.654 bits per heavy atom. The molecule has 0 spiro atoms. The highest BCUT2D eigenvalue weighted by Gasteiger charge is 1.98. The third kappa shape index (κ3) is 7.65. The fourth-order valence-electron chi connectivity index (χ4n) is 1.88. The van der Waals surface area contributed by atoms with Crippen LogP contribution in [0, 0.1) is 0 Å². The molecule has 2 aromatic carbocycles. The number of hydrogen-bond donors (Lipinski definition) is 4. The Hall–Kier alpha value is -3.10. The van der Waals surface area contributed by atoms with Gasteiger partial charge in [-0.15, -0.1) is 35.0 Å². The molecule has 0 radical (unpaired) electrons. The number of rotatable bonds is 5. The van der Waals surface area contributed by atoms with Crippen molar-refractivity contribution in [2.45, 2.75) is 0 Å². The van der Waals surface area contributed by atoms with Crippen molar-refractivity contribution in [3.63, 3.8) is 0 Å². The first-order valence-corrected chi connectivity index (χ1v) is 6.99. The monoisotopic (exact) mass is 394 g/mol. The summed E-state index contributed by atoms with van der Waals surface area (Å²) in [5, 5.41) is 14.7. The fourth-order valence-corrected chi connectivity index (χ4v) is 1.88. The number of guanidine groups is 2. The van der Waals surface area contributed by atoms with Crippen molar-refractivity contribution < 1.29 is 0 Å². The summed E-state index contributed by atoms with van der Waals surface area (Å²) in [7, 11) is 0. The van der Waals surface area contributed by atoms with Crippen LogP contribution >= 0.6 is 24.8 Å². The van der Waals surface area contributed by atoms with E-state index in [2.05, 4.69) is 20.4 Å². The van der Waals surface area contributed by atoms with Crippen LogP contribution in [0.2, 0.25) is 0 Å². The SMILES string of the molecule is Cl.Cl.NC(N)=N/N=C/c1ccc(-c2cccc(/C=N/N=C(N)N)c2)cc1. The summed E-state index contributed by atoms with van der Waals surface area (Å²) >= 11 is 0. The second kappa shape index (κ2) is 11.5. The van der Waals surface area contributed by atoms with Crippen molar-refractivity contribution in [3.05, 3.63) is 59.7 Å². The molecule has 2 aromatic rings. The van der Waals surface area contributed by atoms with E-state index in [1.54, 1.807) is 12.4 Å². The van der Waals surface area contributed by atoms with E-state index in [-0.39, 0.29) is 36.7 Å². The van der Waals surface area contributed by atoms with E-state index in [9.17, 15) is 0 Å². The highest BCUT2D eigenvalue weighted by molar-refractivity contribution is 5.86. The third-order valence-electron chi connectivity index (χ3n) is 2.89. The average Bonchev–Trinajstić information content (AvgIpc) is 2.55. The molecule has 0 atom stereocenters. The molecule has 0 aliphatic rings. The highest BCUT2D eigenvalue weighted by Crippen LogP contribution is 2.20. The number of benzene rings is 2. The normalized spacial score (nSPS) is 10.0. The molecular weight excluding hydrogens is 375 g/mol. The predicted molar refractivity (Wildman–Crippen MR) is 113 cm³/mol. The summed E-state index contributed by atoms with van der Waals surface area (Å²) in [6.07, 6.45) is 3.15. The smallest absolute Gasteiger partial charge is 0.211 e. The Balaban J connectivity index is 0.00000312. The Kier molecular flexibility index (Phi) is 10.1. The maximum atomic E-state index is 5.22. The minimum atomic E-state index is -0.0830. The standard InChI is InChI=1S/C16H18N8.2ClH/c17-15(18)23-21-9-11-4-6-13(7-5-11)14-3-1-2-12(8-14)10-22-24-16(19)20;;/h1-10H,(H4,17,18,23)(H4,19,20,24);2*1H/b21-9+,22-10+;;. The van der Waals surface area contributed by atoms with Gasteiger partial charge < -0.3 is 22.9 Å². The molecule has 26 heavy (non-hydrogen) atoms. The Morgan fingerprint density at radius 2 is 1.19 bits per heavy atom. The first kappa shape index (κ1) is 22.9. The minimum Gasteiger partial charge on any atom is -0.369 e. The quantitative estimate of drug-likeness (QED) is 0.343. The van der Waals surface area contributed by atoms with Gasteiger partial charge in [-0.25, -0.2) is 0 Å². The van der Waals surface area contributed by atoms with Crippen molar-refractivity contribution in [1.29, 1.82) is 0 Å². The summed E-state index contributed by atoms with van der Waals surface area (Å²) in [6.45, 7) is 0. The highest BCUT2D eigenvalue weighted by atomic mass is 35.5. The first-order valence-electron chi connectivity index (χ1n) is 6.99. The van der Waals surface area contributed by atoms with Gasteiger partial charge in [-0.3, -0.25) is 0 Å². The van der Waals surface area contributed by atoms with Crippen molar-refractivity contribution in [1.82, 2.24) is 0 Å². The van der Waals surface area contributed by atoms with E-state index in [0.29, 0.717) is 0 Å². The van der Waals surface area contributed by atoms with E-state index >= 15 is 0 Å². The third-order valence-corrected chi connectivity index (χ3v) is 2.89. The van der Waals surface area contributed by atoms with E-state index in [4.69, 9.17) is 22.9 Å². The molecule has 0 fully saturated rings. The van der Waals surface area contributed by atoms with Crippen LogP contribution in [-0.2, 0) is 0 Å². The van der Waals surface area contributed by atoms with Crippen LogP contribution in [-0.4, -0.2) is 24.3 Å². The summed E-state index contributed by atoms with van der Waals surface area (Å²) in [6, 6.07) is 15.6. The minimum absolute atomic E-state index is 0. The summed E-state index contributed by atoms with van der Waals surface area (Å²) < 4.78 is 0. The molecule has 0 aliphatic carbocycles. The molecule has 10 heteroatoms. The van der Waals surface area contributed by atoms with E-state index in [0.717, 1.165) is 22.3 Å². The second-order valence-electron chi connectivity index (χ2n) is 4.79. The topological polar surface area (TPSA) is 154 Å². The molecule has 8 N–H and O–H groups in total. The number of hydrogen-bond acceptors (Lipinski definition) is 4. The van der Waals surface area contributed by atoms with Crippen LogP contribution < -0.4 is 22.9 Å². The molecule has 0 amide bonds. The lowest BCUT2D eigenvalue weighted by atomic mass is 10.0. The molecule has 0 saturated carbocycles. The zero-order chi connectivity index (χ0) is 17.4. The largest absolute Gasteiger partial charge is 0.369 e. The second-order valence-corrected chi connectivity index (χ2v) is 4.79. The summed E-state index contributed by atoms with van der Waals surface area (Å²) in [5.41, 5.74) is 24.7. The van der Waals surface area contributed by atoms with Gasteiger partial charge in [0.1, 0.15) is 0 Å². The summed E-state index contributed by atoms with van der Waals surface area (Å²) in [5.74, 6) is -0.164. The van der Waals surface area contributed by atoms with Crippen LogP contribution in [0.4, 0.5) is 0 Å². The van der Waals surface area contributed by atoms with Gasteiger partial charge in [0.05, 0.1) is 12.4 Å². The predicted octanol–water partition coefficient (Wildman–Crippen LogP) is 1.41. The fraction of sp³-hybridized carbons (Fsp3) is 0. The summed E-state index contributed by atoms with van der Waals surface area (Å²) in [4.78, 5) is 0. The van der Waals surface area contributed by atoms with Crippen LogP contribution in [0.3, 0.4) is 0 Å². The molecule has 0 heterocycles. The van der Waals surface area contributed by atoms with E-state index < -0.39 is 0 Å². The van der Waals surface area contributed by atoms with Gasteiger partial charge in [0.15, 0.2) is 0 Å². The van der Waals surface area contributed by atoms with E-state index in [1.807, 2.05) is 48.5 Å². The Labute approximate surface area is 163 Å². The number of nitrogens with two attached hydrogens (primary N) is 4. The molecule has 0 bridgehead atoms. The maximum absolute atomic E-state index is 5.22. The van der Waals surface area contributed by atoms with Gasteiger partial charge in [0.2, 0.25) is 11.9 Å². The van der Waals surface area contributed by atoms with Gasteiger partial charge in [-0.05, 0) is 28.3 Å². The molecule has 0 aliphatic heterocycles. The average molecular weight is 395 g/mol. The molecular formula is C16H20Cl2N8. The van der Waals surface area contributed by atoms with Crippen LogP contribution in [0.25, 0.3) is 11.1 Å². The van der Waals surface area contributed by atoms with Gasteiger partial charge in [-0.1, -0.05) is 42.5 Å². The van der Waals surface area contributed by atoms with Crippen molar-refractivity contribution in [3.8, 4) is 11.1 Å². The van der Waals surface area contributed by atoms with E-state index in [1.165, 1.54) is 0 Å². The number of halogens is 2. The molecule has 0 unspecified atom stereocenters. The molecule has 0 saturated heterocycles. The number of nitrogens with zero attached hydrogens (tertiary/aromatic N) is 4. The zero-order valence-corrected chi connectivity index (χ0v) is 15.3. The van der Waals surface area contributed by atoms with Crippen LogP contribution in [0.5, 0.6) is 0 Å². The van der Waals surface area contributed by atoms with Crippen LogP contribution in [0.1, 0.15) is 11.1 Å². The lowest BCUT2D eigenvalue weighted by Gasteiger charge is -2.03. The lowest BCUT2D eigenvalue weighted by Crippen LogP contribution is -2.21. The van der Waals surface area contributed by atoms with Crippen molar-refractivity contribution in [2.75, 3.05) is 0 Å². The molecule has 0 aromatic heterocycles. The Bertz CT molecular complexity index is 805. The van der Waals surface area contributed by atoms with Gasteiger partial charge in [0.25, 0.3) is 0 Å². The Morgan fingerprint density at radius 3 is 1.73 bits per heavy atom. The van der Waals surface area contributed by atoms with Crippen molar-refractivity contribution in [2.24, 2.45) is 43.3 Å². The zero-order valence-electron chi connectivity index (χ0n) is 13.7. The maximum Gasteiger partial charge on any atom is 0.211 e.